The van der Waals surface area contributed by atoms with Gasteiger partial charge in [-0.1, -0.05) is 73.1 Å². The van der Waals surface area contributed by atoms with E-state index in [0.29, 0.717) is 36.5 Å². The lowest BCUT2D eigenvalue weighted by Gasteiger charge is -2.31. The first kappa shape index (κ1) is 25.6. The fourth-order valence-electron chi connectivity index (χ4n) is 4.53. The van der Waals surface area contributed by atoms with Crippen molar-refractivity contribution >= 4 is 29.5 Å². The fraction of sp³-hybridized carbons (Fsp3) is 0.370. The number of nitrogens with one attached hydrogen (secondary N) is 2. The van der Waals surface area contributed by atoms with Crippen LogP contribution in [0.3, 0.4) is 0 Å². The smallest absolute Gasteiger partial charge is 0.276 e. The monoisotopic (exact) mass is 506 g/mol. The second-order valence-corrected chi connectivity index (χ2v) is 9.64. The molecule has 1 heterocycles. The number of nitrogens with zero attached hydrogens (tertiary/aromatic N) is 2. The van der Waals surface area contributed by atoms with Gasteiger partial charge in [0.2, 0.25) is 17.7 Å². The summed E-state index contributed by atoms with van der Waals surface area (Å²) < 4.78 is 5.67. The number of thioether (sulfide) groups is 1. The minimum Gasteiger partial charge on any atom is -0.415 e. The van der Waals surface area contributed by atoms with Crippen molar-refractivity contribution in [1.82, 2.24) is 20.8 Å². The lowest BCUT2D eigenvalue weighted by molar-refractivity contribution is -0.134. The van der Waals surface area contributed by atoms with E-state index < -0.39 is 17.7 Å². The second kappa shape index (κ2) is 12.5. The Bertz CT molecular complexity index is 1170. The molecule has 0 saturated heterocycles. The van der Waals surface area contributed by atoms with E-state index in [0.717, 1.165) is 18.4 Å². The maximum absolute atomic E-state index is 13.3. The number of amides is 3. The summed E-state index contributed by atoms with van der Waals surface area (Å²) in [5.41, 5.74) is 1.61. The molecule has 0 aliphatic heterocycles. The molecule has 0 bridgehead atoms. The Balaban J connectivity index is 1.45. The molecule has 0 unspecified atom stereocenters. The summed E-state index contributed by atoms with van der Waals surface area (Å²) in [7, 11) is 0. The quantitative estimate of drug-likeness (QED) is 0.419. The van der Waals surface area contributed by atoms with E-state index in [9.17, 15) is 14.4 Å². The van der Waals surface area contributed by atoms with E-state index in [-0.39, 0.29) is 23.7 Å². The third kappa shape index (κ3) is 6.60. The average molecular weight is 507 g/mol. The van der Waals surface area contributed by atoms with Crippen LogP contribution in [0.15, 0.2) is 70.3 Å². The highest BCUT2D eigenvalue weighted by Crippen LogP contribution is 2.27. The molecule has 1 fully saturated rings. The Labute approximate surface area is 214 Å². The Morgan fingerprint density at radius 3 is 2.39 bits per heavy atom. The fourth-order valence-corrected chi connectivity index (χ4v) is 4.82. The van der Waals surface area contributed by atoms with Crippen molar-refractivity contribution in [3.05, 3.63) is 77.7 Å². The Morgan fingerprint density at radius 1 is 1.00 bits per heavy atom. The van der Waals surface area contributed by atoms with Gasteiger partial charge in [-0.2, -0.15) is 0 Å². The van der Waals surface area contributed by atoms with Crippen molar-refractivity contribution in [3.63, 3.8) is 0 Å². The molecule has 0 radical (unpaired) electrons. The molecular weight excluding hydrogens is 476 g/mol. The SMILES string of the molecule is CSc1nnc([C@H](CCc2ccccc2)C(=O)NC(=O)[C@@H]2CCCC[C@@H]2NC(=O)c2ccccc2)o1. The summed E-state index contributed by atoms with van der Waals surface area (Å²) in [6.07, 6.45) is 5.90. The highest BCUT2D eigenvalue weighted by Gasteiger charge is 2.35. The van der Waals surface area contributed by atoms with Gasteiger partial charge in [-0.15, -0.1) is 10.2 Å². The minimum absolute atomic E-state index is 0.193. The lowest BCUT2D eigenvalue weighted by Crippen LogP contribution is -2.50. The summed E-state index contributed by atoms with van der Waals surface area (Å²) in [5.74, 6) is -2.13. The van der Waals surface area contributed by atoms with Crippen molar-refractivity contribution in [3.8, 4) is 0 Å². The number of aryl methyl sites for hydroxylation is 1. The van der Waals surface area contributed by atoms with Crippen LogP contribution in [0.5, 0.6) is 0 Å². The van der Waals surface area contributed by atoms with Crippen molar-refractivity contribution in [2.45, 2.75) is 55.7 Å². The van der Waals surface area contributed by atoms with Gasteiger partial charge in [0.05, 0.1) is 5.92 Å². The molecule has 188 valence electrons. The van der Waals surface area contributed by atoms with E-state index >= 15 is 0 Å². The topological polar surface area (TPSA) is 114 Å². The largest absolute Gasteiger partial charge is 0.415 e. The van der Waals surface area contributed by atoms with Gasteiger partial charge in [-0.25, -0.2) is 0 Å². The molecule has 3 amide bonds. The Hall–Kier alpha value is -3.46. The van der Waals surface area contributed by atoms with Crippen LogP contribution >= 0.6 is 11.8 Å². The third-order valence-electron chi connectivity index (χ3n) is 6.48. The van der Waals surface area contributed by atoms with Gasteiger partial charge >= 0.3 is 0 Å². The second-order valence-electron chi connectivity index (χ2n) is 8.88. The van der Waals surface area contributed by atoms with Gasteiger partial charge in [0, 0.05) is 11.6 Å². The zero-order valence-corrected chi connectivity index (χ0v) is 21.0. The number of carbonyl (C=O) groups is 3. The predicted octanol–water partition coefficient (Wildman–Crippen LogP) is 4.14. The molecule has 1 aromatic heterocycles. The molecule has 4 rings (SSSR count). The molecule has 8 nitrogen and oxygen atoms in total. The summed E-state index contributed by atoms with van der Waals surface area (Å²) in [6.45, 7) is 0. The lowest BCUT2D eigenvalue weighted by atomic mass is 9.83. The third-order valence-corrected chi connectivity index (χ3v) is 6.99. The van der Waals surface area contributed by atoms with Crippen molar-refractivity contribution < 1.29 is 18.8 Å². The molecule has 36 heavy (non-hydrogen) atoms. The first-order chi connectivity index (χ1) is 17.5. The molecule has 3 aromatic rings. The number of aromatic nitrogens is 2. The highest BCUT2D eigenvalue weighted by atomic mass is 32.2. The van der Waals surface area contributed by atoms with E-state index in [2.05, 4.69) is 20.8 Å². The van der Waals surface area contributed by atoms with Crippen LogP contribution in [-0.2, 0) is 16.0 Å². The maximum Gasteiger partial charge on any atom is 0.276 e. The van der Waals surface area contributed by atoms with Crippen LogP contribution in [-0.4, -0.2) is 40.2 Å². The van der Waals surface area contributed by atoms with Crippen molar-refractivity contribution in [1.29, 1.82) is 0 Å². The number of rotatable bonds is 9. The number of hydrogen-bond donors (Lipinski definition) is 2. The highest BCUT2D eigenvalue weighted by molar-refractivity contribution is 7.98. The van der Waals surface area contributed by atoms with Gasteiger partial charge < -0.3 is 9.73 Å². The summed E-state index contributed by atoms with van der Waals surface area (Å²) in [6, 6.07) is 18.4. The number of carbonyl (C=O) groups excluding carboxylic acids is 3. The van der Waals surface area contributed by atoms with E-state index in [1.165, 1.54) is 11.8 Å². The van der Waals surface area contributed by atoms with Crippen molar-refractivity contribution in [2.24, 2.45) is 5.92 Å². The molecule has 2 N–H and O–H groups in total. The Kier molecular flexibility index (Phi) is 8.89. The van der Waals surface area contributed by atoms with Crippen LogP contribution in [0.1, 0.15) is 59.8 Å². The van der Waals surface area contributed by atoms with Gasteiger partial charge in [0.15, 0.2) is 0 Å². The van der Waals surface area contributed by atoms with Gasteiger partial charge in [-0.3, -0.25) is 19.7 Å². The molecule has 1 aliphatic carbocycles. The van der Waals surface area contributed by atoms with Crippen LogP contribution in [0, 0.1) is 5.92 Å². The van der Waals surface area contributed by atoms with Crippen LogP contribution in [0.25, 0.3) is 0 Å². The number of hydrogen-bond acceptors (Lipinski definition) is 7. The molecule has 1 saturated carbocycles. The van der Waals surface area contributed by atoms with Gasteiger partial charge in [0.1, 0.15) is 5.92 Å². The summed E-state index contributed by atoms with van der Waals surface area (Å²) >= 11 is 1.29. The number of imide groups is 1. The maximum atomic E-state index is 13.3. The van der Waals surface area contributed by atoms with Crippen LogP contribution < -0.4 is 10.6 Å². The van der Waals surface area contributed by atoms with Gasteiger partial charge in [0.25, 0.3) is 11.1 Å². The zero-order chi connectivity index (χ0) is 25.3. The standard InChI is InChI=1S/C27H30N4O4S/c1-36-27-31-30-26(35-27)21(17-16-18-10-4-2-5-11-18)25(34)29-24(33)20-14-8-9-15-22(20)28-23(32)19-12-6-3-7-13-19/h2-7,10-13,20-22H,8-9,14-17H2,1H3,(H,28,32)(H,29,33,34)/t20-,21-,22+/m1/s1. The number of benzene rings is 2. The first-order valence-corrected chi connectivity index (χ1v) is 13.4. The molecular formula is C27H30N4O4S. The molecule has 1 aliphatic rings. The minimum atomic E-state index is -0.761. The zero-order valence-electron chi connectivity index (χ0n) is 20.2. The predicted molar refractivity (Wildman–Crippen MR) is 136 cm³/mol. The molecule has 3 atom stereocenters. The molecule has 0 spiro atoms. The van der Waals surface area contributed by atoms with Crippen LogP contribution in [0.4, 0.5) is 0 Å². The Morgan fingerprint density at radius 2 is 1.69 bits per heavy atom. The van der Waals surface area contributed by atoms with E-state index in [1.807, 2.05) is 42.7 Å². The average Bonchev–Trinajstić information content (AvgIpc) is 3.39. The molecule has 2 aromatic carbocycles. The van der Waals surface area contributed by atoms with Crippen molar-refractivity contribution in [2.75, 3.05) is 6.26 Å². The normalized spacial score (nSPS) is 18.2. The van der Waals surface area contributed by atoms with Crippen LogP contribution in [0.2, 0.25) is 0 Å². The molecule has 9 heteroatoms. The van der Waals surface area contributed by atoms with E-state index in [4.69, 9.17) is 4.42 Å². The summed E-state index contributed by atoms with van der Waals surface area (Å²) in [4.78, 5) is 39.3. The van der Waals surface area contributed by atoms with Gasteiger partial charge in [-0.05, 0) is 49.6 Å². The first-order valence-electron chi connectivity index (χ1n) is 12.2. The van der Waals surface area contributed by atoms with E-state index in [1.54, 1.807) is 24.3 Å². The summed E-state index contributed by atoms with van der Waals surface area (Å²) in [5, 5.41) is 14.0.